The molecule has 3 heterocycles. The first-order chi connectivity index (χ1) is 13.9. The number of aromatic nitrogens is 2. The summed E-state index contributed by atoms with van der Waals surface area (Å²) in [5.74, 6) is -1.95. The Kier molecular flexibility index (Phi) is 5.04. The molecule has 4 rings (SSSR count). The molecule has 2 aliphatic heterocycles. The van der Waals surface area contributed by atoms with Gasteiger partial charge in [0.05, 0.1) is 11.5 Å². The highest BCUT2D eigenvalue weighted by atomic mass is 19.1. The van der Waals surface area contributed by atoms with Gasteiger partial charge in [0, 0.05) is 24.7 Å². The van der Waals surface area contributed by atoms with Gasteiger partial charge in [0.1, 0.15) is 11.6 Å². The van der Waals surface area contributed by atoms with Crippen LogP contribution in [0.5, 0.6) is 0 Å². The maximum Gasteiger partial charge on any atom is 0.258 e. The molecule has 1 aromatic heterocycles. The van der Waals surface area contributed by atoms with Gasteiger partial charge in [-0.2, -0.15) is 4.98 Å². The van der Waals surface area contributed by atoms with Gasteiger partial charge in [0.25, 0.3) is 5.56 Å². The molecule has 2 aromatic rings. The number of nitrogens with zero attached hydrogens (tertiary/aromatic N) is 2. The van der Waals surface area contributed by atoms with Crippen LogP contribution in [0.1, 0.15) is 44.1 Å². The second-order valence-electron chi connectivity index (χ2n) is 7.49. The average molecular weight is 399 g/mol. The minimum absolute atomic E-state index is 0.108. The van der Waals surface area contributed by atoms with Crippen LogP contribution in [0.2, 0.25) is 0 Å². The number of hydrogen-bond donors (Lipinski definition) is 3. The van der Waals surface area contributed by atoms with Crippen molar-refractivity contribution in [3.63, 3.8) is 0 Å². The average Bonchev–Trinajstić information content (AvgIpc) is 2.67. The van der Waals surface area contributed by atoms with Crippen LogP contribution in [0, 0.1) is 5.82 Å². The van der Waals surface area contributed by atoms with Gasteiger partial charge in [-0.25, -0.2) is 4.39 Å². The Morgan fingerprint density at radius 1 is 1.31 bits per heavy atom. The van der Waals surface area contributed by atoms with E-state index in [9.17, 15) is 18.8 Å². The van der Waals surface area contributed by atoms with E-state index >= 15 is 0 Å². The van der Waals surface area contributed by atoms with Gasteiger partial charge < -0.3 is 15.5 Å². The van der Waals surface area contributed by atoms with E-state index in [4.69, 9.17) is 0 Å². The summed E-state index contributed by atoms with van der Waals surface area (Å²) in [7, 11) is 0. The van der Waals surface area contributed by atoms with Crippen LogP contribution in [0.25, 0.3) is 0 Å². The first kappa shape index (κ1) is 19.1. The molecule has 1 saturated heterocycles. The lowest BCUT2D eigenvalue weighted by Gasteiger charge is -2.34. The molecule has 0 saturated carbocycles. The van der Waals surface area contributed by atoms with Crippen LogP contribution < -0.4 is 21.1 Å². The van der Waals surface area contributed by atoms with Gasteiger partial charge in [-0.05, 0) is 44.4 Å². The summed E-state index contributed by atoms with van der Waals surface area (Å²) in [5, 5.41) is 5.19. The summed E-state index contributed by atoms with van der Waals surface area (Å²) in [5.41, 5.74) is -0.0836. The number of rotatable bonds is 3. The number of fused-ring (bicyclic) bond motifs is 1. The van der Waals surface area contributed by atoms with Crippen LogP contribution in [-0.4, -0.2) is 34.4 Å². The van der Waals surface area contributed by atoms with Crippen molar-refractivity contribution in [1.29, 1.82) is 0 Å². The number of benzene rings is 1. The van der Waals surface area contributed by atoms with Crippen molar-refractivity contribution in [2.75, 3.05) is 22.1 Å². The molecular weight excluding hydrogens is 377 g/mol. The topological polar surface area (TPSA) is 107 Å². The van der Waals surface area contributed by atoms with Gasteiger partial charge in [-0.15, -0.1) is 0 Å². The largest absolute Gasteiger partial charge is 0.340 e. The van der Waals surface area contributed by atoms with Gasteiger partial charge in [-0.3, -0.25) is 19.4 Å². The summed E-state index contributed by atoms with van der Waals surface area (Å²) in [6.45, 7) is 2.83. The fraction of sp³-hybridized carbons (Fsp3) is 0.400. The number of carbonyl (C=O) groups is 2. The number of piperidine rings is 1. The lowest BCUT2D eigenvalue weighted by Crippen LogP contribution is -2.42. The third-order valence-corrected chi connectivity index (χ3v) is 5.42. The van der Waals surface area contributed by atoms with E-state index in [1.54, 1.807) is 0 Å². The smallest absolute Gasteiger partial charge is 0.258 e. The lowest BCUT2D eigenvalue weighted by atomic mass is 9.92. The molecule has 0 unspecified atom stereocenters. The molecule has 0 bridgehead atoms. The van der Waals surface area contributed by atoms with Crippen molar-refractivity contribution in [2.24, 2.45) is 0 Å². The number of anilines is 3. The Hall–Kier alpha value is -3.23. The number of nitrogens with one attached hydrogen (secondary N) is 3. The third kappa shape index (κ3) is 3.85. The van der Waals surface area contributed by atoms with Crippen LogP contribution in [0.3, 0.4) is 0 Å². The SMILES string of the molecule is C[C@H]1CCCCN1c1nc2c(c(=O)[nH]1)[C@H](C(=O)Nc1cccc(F)c1)CC(=O)N2. The van der Waals surface area contributed by atoms with Crippen molar-refractivity contribution in [3.05, 3.63) is 46.0 Å². The highest BCUT2D eigenvalue weighted by molar-refractivity contribution is 6.04. The zero-order valence-electron chi connectivity index (χ0n) is 16.0. The monoisotopic (exact) mass is 399 g/mol. The molecule has 1 aromatic carbocycles. The minimum atomic E-state index is -1.01. The molecule has 9 heteroatoms. The van der Waals surface area contributed by atoms with Crippen LogP contribution in [0.15, 0.2) is 29.1 Å². The number of H-pyrrole nitrogens is 1. The molecule has 8 nitrogen and oxygen atoms in total. The molecule has 0 aliphatic carbocycles. The summed E-state index contributed by atoms with van der Waals surface area (Å²) in [4.78, 5) is 47.1. The molecule has 3 N–H and O–H groups in total. The van der Waals surface area contributed by atoms with E-state index in [-0.39, 0.29) is 29.5 Å². The maximum absolute atomic E-state index is 13.4. The van der Waals surface area contributed by atoms with E-state index in [2.05, 4.69) is 27.5 Å². The fourth-order valence-corrected chi connectivity index (χ4v) is 3.93. The zero-order valence-corrected chi connectivity index (χ0v) is 16.0. The Balaban J connectivity index is 1.66. The van der Waals surface area contributed by atoms with Crippen LogP contribution in [0.4, 0.5) is 21.8 Å². The van der Waals surface area contributed by atoms with Crippen molar-refractivity contribution < 1.29 is 14.0 Å². The second kappa shape index (κ2) is 7.65. The predicted molar refractivity (Wildman–Crippen MR) is 107 cm³/mol. The van der Waals surface area contributed by atoms with E-state index in [0.717, 1.165) is 25.8 Å². The van der Waals surface area contributed by atoms with Crippen LogP contribution in [-0.2, 0) is 9.59 Å². The summed E-state index contributed by atoms with van der Waals surface area (Å²) in [6.07, 6.45) is 2.92. The highest BCUT2D eigenvalue weighted by Gasteiger charge is 2.35. The van der Waals surface area contributed by atoms with Crippen molar-refractivity contribution in [1.82, 2.24) is 9.97 Å². The standard InChI is InChI=1S/C20H22FN5O3/c1-11-5-2-3-8-26(11)20-24-17-16(19(29)25-20)14(10-15(27)23-17)18(28)22-13-7-4-6-12(21)9-13/h4,6-7,9,11,14H,2-3,5,8,10H2,1H3,(H,22,28)(H2,23,24,25,27,29)/t11-,14+/m0/s1. The van der Waals surface area contributed by atoms with Gasteiger partial charge in [0.2, 0.25) is 17.8 Å². The van der Waals surface area contributed by atoms with Gasteiger partial charge in [0.15, 0.2) is 0 Å². The normalized spacial score (nSPS) is 21.3. The molecular formula is C20H22FN5O3. The maximum atomic E-state index is 13.4. The molecule has 2 amide bonds. The second-order valence-corrected chi connectivity index (χ2v) is 7.49. The van der Waals surface area contributed by atoms with E-state index in [1.807, 2.05) is 4.90 Å². The third-order valence-electron chi connectivity index (χ3n) is 5.42. The number of aromatic amines is 1. The quantitative estimate of drug-likeness (QED) is 0.734. The minimum Gasteiger partial charge on any atom is -0.340 e. The van der Waals surface area contributed by atoms with E-state index in [0.29, 0.717) is 5.95 Å². The highest BCUT2D eigenvalue weighted by Crippen LogP contribution is 2.31. The first-order valence-electron chi connectivity index (χ1n) is 9.69. The summed E-state index contributed by atoms with van der Waals surface area (Å²) in [6, 6.07) is 5.65. The zero-order chi connectivity index (χ0) is 20.5. The van der Waals surface area contributed by atoms with Gasteiger partial charge in [-0.1, -0.05) is 6.07 Å². The molecule has 1 fully saturated rings. The number of halogens is 1. The number of carbonyl (C=O) groups excluding carboxylic acids is 2. The van der Waals surface area contributed by atoms with E-state index < -0.39 is 29.1 Å². The first-order valence-corrected chi connectivity index (χ1v) is 9.69. The van der Waals surface area contributed by atoms with Crippen molar-refractivity contribution in [2.45, 2.75) is 44.6 Å². The molecule has 0 radical (unpaired) electrons. The number of amides is 2. The Bertz CT molecular complexity index is 1020. The molecule has 2 aliphatic rings. The summed E-state index contributed by atoms with van der Waals surface area (Å²) >= 11 is 0. The predicted octanol–water partition coefficient (Wildman–Crippen LogP) is 2.35. The fourth-order valence-electron chi connectivity index (χ4n) is 3.93. The Labute approximate surface area is 166 Å². The summed E-state index contributed by atoms with van der Waals surface area (Å²) < 4.78 is 13.4. The molecule has 0 spiro atoms. The van der Waals surface area contributed by atoms with Gasteiger partial charge >= 0.3 is 0 Å². The number of hydrogen-bond acceptors (Lipinski definition) is 5. The molecule has 152 valence electrons. The Morgan fingerprint density at radius 3 is 2.90 bits per heavy atom. The van der Waals surface area contributed by atoms with E-state index in [1.165, 1.54) is 24.3 Å². The lowest BCUT2D eigenvalue weighted by molar-refractivity contribution is -0.123. The molecule has 2 atom stereocenters. The van der Waals surface area contributed by atoms with Crippen LogP contribution >= 0.6 is 0 Å². The Morgan fingerprint density at radius 2 is 2.14 bits per heavy atom. The van der Waals surface area contributed by atoms with Crippen molar-refractivity contribution in [3.8, 4) is 0 Å². The molecule has 29 heavy (non-hydrogen) atoms. The van der Waals surface area contributed by atoms with Crippen molar-refractivity contribution >= 4 is 29.3 Å².